The lowest BCUT2D eigenvalue weighted by atomic mass is 9.69. The molecule has 6 aliphatic rings. The van der Waals surface area contributed by atoms with Crippen LogP contribution < -0.4 is 9.64 Å². The lowest BCUT2D eigenvalue weighted by Gasteiger charge is -2.39. The molecule has 4 fully saturated rings. The molecule has 2 unspecified atom stereocenters. The molecule has 4 heterocycles. The highest BCUT2D eigenvalue weighted by molar-refractivity contribution is 6.34. The number of benzene rings is 1. The van der Waals surface area contributed by atoms with Crippen LogP contribution in [0.4, 0.5) is 10.2 Å². The number of nitrogens with zero attached hydrogens (tertiary/aromatic N) is 4. The summed E-state index contributed by atoms with van der Waals surface area (Å²) in [5, 5.41) is 10.7. The van der Waals surface area contributed by atoms with Gasteiger partial charge < -0.3 is 14.7 Å². The van der Waals surface area contributed by atoms with Crippen molar-refractivity contribution in [3.63, 3.8) is 0 Å². The van der Waals surface area contributed by atoms with Crippen molar-refractivity contribution >= 4 is 23.2 Å². The normalized spacial score (nSPS) is 34.4. The molecule has 2 aromatic rings. The first-order valence-electron chi connectivity index (χ1n) is 15.0. The van der Waals surface area contributed by atoms with Crippen LogP contribution in [0, 0.1) is 11.8 Å². The summed E-state index contributed by atoms with van der Waals surface area (Å²) in [7, 11) is 0. The highest BCUT2D eigenvalue weighted by atomic mass is 35.5. The highest BCUT2D eigenvalue weighted by Gasteiger charge is 2.50. The Hall–Kier alpha value is -2.45. The largest absolute Gasteiger partial charge is 0.508 e. The lowest BCUT2D eigenvalue weighted by molar-refractivity contribution is 0.0968. The number of halogens is 2. The molecule has 8 rings (SSSR count). The van der Waals surface area contributed by atoms with Gasteiger partial charge in [0.1, 0.15) is 24.3 Å². The third kappa shape index (κ3) is 3.88. The van der Waals surface area contributed by atoms with Crippen molar-refractivity contribution in [2.45, 2.75) is 81.3 Å². The summed E-state index contributed by atoms with van der Waals surface area (Å²) in [6, 6.07) is 3.55. The van der Waals surface area contributed by atoms with Gasteiger partial charge in [-0.3, -0.25) is 9.69 Å². The number of phenols is 1. The van der Waals surface area contributed by atoms with Crippen LogP contribution in [-0.4, -0.2) is 70.3 Å². The number of fused-ring (bicyclic) bond motifs is 6. The van der Waals surface area contributed by atoms with Crippen molar-refractivity contribution < 1.29 is 19.0 Å². The maximum absolute atomic E-state index is 14.4. The second-order valence-corrected chi connectivity index (χ2v) is 13.9. The Morgan fingerprint density at radius 1 is 1.12 bits per heavy atom. The van der Waals surface area contributed by atoms with Crippen LogP contribution in [0.25, 0.3) is 0 Å². The van der Waals surface area contributed by atoms with Crippen molar-refractivity contribution in [2.75, 3.05) is 37.7 Å². The molecule has 3 aliphatic heterocycles. The van der Waals surface area contributed by atoms with Gasteiger partial charge in [-0.05, 0) is 81.0 Å². The van der Waals surface area contributed by atoms with E-state index in [0.29, 0.717) is 60.8 Å². The van der Waals surface area contributed by atoms with Gasteiger partial charge in [-0.1, -0.05) is 11.6 Å². The summed E-state index contributed by atoms with van der Waals surface area (Å²) in [4.78, 5) is 27.9. The number of aromatic nitrogens is 2. The summed E-state index contributed by atoms with van der Waals surface area (Å²) in [5.41, 5.74) is 2.77. The highest BCUT2D eigenvalue weighted by Crippen LogP contribution is 2.52. The fraction of sp³-hybridized carbons (Fsp3) is 0.645. The van der Waals surface area contributed by atoms with E-state index in [9.17, 15) is 14.3 Å². The van der Waals surface area contributed by atoms with Gasteiger partial charge >= 0.3 is 6.01 Å². The molecule has 1 aromatic heterocycles. The Bertz CT molecular complexity index is 1390. The first kappa shape index (κ1) is 25.3. The number of alkyl halides is 1. The average molecular weight is 567 g/mol. The number of anilines is 1. The third-order valence-corrected chi connectivity index (χ3v) is 11.3. The number of piperidine rings is 1. The molecule has 0 amide bonds. The quantitative estimate of drug-likeness (QED) is 0.555. The van der Waals surface area contributed by atoms with E-state index < -0.39 is 11.6 Å². The zero-order valence-electron chi connectivity index (χ0n) is 22.8. The Labute approximate surface area is 239 Å². The second kappa shape index (κ2) is 9.02. The van der Waals surface area contributed by atoms with Crippen LogP contribution in [-0.2, 0) is 18.3 Å². The van der Waals surface area contributed by atoms with Crippen molar-refractivity contribution in [3.8, 4) is 11.8 Å². The van der Waals surface area contributed by atoms with Crippen LogP contribution >= 0.6 is 11.6 Å². The van der Waals surface area contributed by atoms with Crippen molar-refractivity contribution in [2.24, 2.45) is 11.8 Å². The molecule has 3 saturated heterocycles. The Morgan fingerprint density at radius 3 is 2.77 bits per heavy atom. The van der Waals surface area contributed by atoms with Crippen LogP contribution in [0.15, 0.2) is 12.1 Å². The van der Waals surface area contributed by atoms with Gasteiger partial charge in [0.15, 0.2) is 5.78 Å². The molecule has 1 saturated carbocycles. The van der Waals surface area contributed by atoms with Crippen LogP contribution in [0.2, 0.25) is 5.02 Å². The monoisotopic (exact) mass is 566 g/mol. The fourth-order valence-electron chi connectivity index (χ4n) is 9.19. The number of ketones is 1. The molecule has 212 valence electrons. The maximum Gasteiger partial charge on any atom is 0.318 e. The maximum atomic E-state index is 14.4. The van der Waals surface area contributed by atoms with Crippen molar-refractivity contribution in [3.05, 3.63) is 39.5 Å². The van der Waals surface area contributed by atoms with E-state index in [0.717, 1.165) is 68.0 Å². The average Bonchev–Trinajstić information content (AvgIpc) is 3.62. The molecule has 2 bridgehead atoms. The Balaban J connectivity index is 1.17. The van der Waals surface area contributed by atoms with Gasteiger partial charge in [0.25, 0.3) is 0 Å². The zero-order chi connectivity index (χ0) is 27.2. The van der Waals surface area contributed by atoms with Crippen molar-refractivity contribution in [1.29, 1.82) is 0 Å². The third-order valence-electron chi connectivity index (χ3n) is 11.0. The van der Waals surface area contributed by atoms with E-state index in [1.807, 2.05) is 0 Å². The molecule has 3 aliphatic carbocycles. The van der Waals surface area contributed by atoms with E-state index in [1.54, 1.807) is 6.07 Å². The number of hydrogen-bond donors (Lipinski definition) is 1. The summed E-state index contributed by atoms with van der Waals surface area (Å²) in [5.74, 6) is 2.52. The minimum absolute atomic E-state index is 0.0317. The molecule has 1 spiro atoms. The zero-order valence-corrected chi connectivity index (χ0v) is 23.6. The van der Waals surface area contributed by atoms with Gasteiger partial charge in [0, 0.05) is 55.4 Å². The molecule has 0 radical (unpaired) electrons. The number of hydrogen-bond acceptors (Lipinski definition) is 7. The Morgan fingerprint density at radius 2 is 1.95 bits per heavy atom. The molecule has 40 heavy (non-hydrogen) atoms. The molecule has 1 N–H and O–H groups in total. The molecular formula is C31H36ClFN4O3. The summed E-state index contributed by atoms with van der Waals surface area (Å²) in [6.45, 7) is 3.82. The predicted octanol–water partition coefficient (Wildman–Crippen LogP) is 5.04. The van der Waals surface area contributed by atoms with Crippen LogP contribution in [0.1, 0.15) is 78.5 Å². The van der Waals surface area contributed by atoms with Gasteiger partial charge in [0.05, 0.1) is 16.3 Å². The van der Waals surface area contributed by atoms with Gasteiger partial charge in [-0.2, -0.15) is 9.97 Å². The van der Waals surface area contributed by atoms with E-state index in [2.05, 4.69) is 9.80 Å². The number of carbonyl (C=O) groups is 1. The number of carbonyl (C=O) groups excluding carboxylic acids is 1. The second-order valence-electron chi connectivity index (χ2n) is 13.5. The van der Waals surface area contributed by atoms with E-state index in [4.69, 9.17) is 26.3 Å². The fourth-order valence-corrected chi connectivity index (χ4v) is 9.51. The first-order chi connectivity index (χ1) is 19.3. The molecule has 5 atom stereocenters. The van der Waals surface area contributed by atoms with E-state index in [-0.39, 0.29) is 17.1 Å². The summed E-state index contributed by atoms with van der Waals surface area (Å²) >= 11 is 6.45. The molecule has 7 nitrogen and oxygen atoms in total. The minimum atomic E-state index is -0.809. The van der Waals surface area contributed by atoms with E-state index >= 15 is 0 Å². The van der Waals surface area contributed by atoms with E-state index in [1.165, 1.54) is 25.3 Å². The van der Waals surface area contributed by atoms with Gasteiger partial charge in [-0.25, -0.2) is 4.39 Å². The van der Waals surface area contributed by atoms with Gasteiger partial charge in [0.2, 0.25) is 0 Å². The van der Waals surface area contributed by atoms with Crippen LogP contribution in [0.3, 0.4) is 0 Å². The lowest BCUT2D eigenvalue weighted by Crippen LogP contribution is -2.44. The minimum Gasteiger partial charge on any atom is -0.508 e. The standard InChI is InChI=1S/C31H36ClFN4O3/c32-24-10-21(38)9-23-27(24)26(39)13-30(23)6-4-22-25(12-30)34-29(35-28(22)36-14-18-2-3-19(8-18)15-36)40-17-31-5-1-7-37(31)16-20(33)11-31/h9-10,18-20,38H,1-8,11-17H2/t18?,19?,20-,30+,31+/m1/s1. The predicted molar refractivity (Wildman–Crippen MR) is 149 cm³/mol. The number of Topliss-reactive ketones (excluding diaryl/α,β-unsaturated/α-hetero) is 1. The number of aromatic hydroxyl groups is 1. The van der Waals surface area contributed by atoms with Gasteiger partial charge in [-0.15, -0.1) is 0 Å². The molecule has 1 aromatic carbocycles. The SMILES string of the molecule is O=C1C[C@@]2(CCc3c(nc(OC[C@@]45CCCN4C[C@H](F)C5)nc3N3CC4CCC(C4)C3)C2)c2cc(O)cc(Cl)c21. The number of phenolic OH excluding ortho intramolecular Hbond substituents is 1. The van der Waals surface area contributed by atoms with Crippen molar-refractivity contribution in [1.82, 2.24) is 14.9 Å². The topological polar surface area (TPSA) is 78.8 Å². The summed E-state index contributed by atoms with van der Waals surface area (Å²) < 4.78 is 20.8. The first-order valence-corrected chi connectivity index (χ1v) is 15.4. The molecule has 9 heteroatoms. The smallest absolute Gasteiger partial charge is 0.318 e. The number of rotatable bonds is 4. The Kier molecular flexibility index (Phi) is 5.70. The molecular weight excluding hydrogens is 531 g/mol. The van der Waals surface area contributed by atoms with Crippen LogP contribution in [0.5, 0.6) is 11.8 Å². The summed E-state index contributed by atoms with van der Waals surface area (Å²) in [6.07, 6.45) is 8.07. The number of ether oxygens (including phenoxy) is 1.